The van der Waals surface area contributed by atoms with Crippen molar-refractivity contribution in [3.63, 3.8) is 0 Å². The molecular weight excluding hydrogens is 380 g/mol. The van der Waals surface area contributed by atoms with Crippen LogP contribution in [0.25, 0.3) is 22.4 Å². The molecule has 8 heteroatoms. The van der Waals surface area contributed by atoms with E-state index in [4.69, 9.17) is 0 Å². The van der Waals surface area contributed by atoms with Gasteiger partial charge in [0.15, 0.2) is 5.65 Å². The average Bonchev–Trinajstić information content (AvgIpc) is 3.47. The predicted octanol–water partition coefficient (Wildman–Crippen LogP) is 2.56. The van der Waals surface area contributed by atoms with E-state index in [1.54, 1.807) is 21.8 Å². The van der Waals surface area contributed by atoms with Crippen LogP contribution in [0.2, 0.25) is 0 Å². The molecule has 3 aromatic heterocycles. The smallest absolute Gasteiger partial charge is 0.341 e. The maximum absolute atomic E-state index is 12.8. The monoisotopic (exact) mass is 404 g/mol. The molecule has 0 radical (unpaired) electrons. The molecule has 8 nitrogen and oxygen atoms in total. The highest BCUT2D eigenvalue weighted by atomic mass is 16.2. The fourth-order valence-electron chi connectivity index (χ4n) is 4.01. The number of carbonyl (C=O) groups is 1. The van der Waals surface area contributed by atoms with Gasteiger partial charge in [0.05, 0.1) is 5.69 Å². The lowest BCUT2D eigenvalue weighted by molar-refractivity contribution is -0.131. The summed E-state index contributed by atoms with van der Waals surface area (Å²) in [4.78, 5) is 27.0. The molecule has 0 unspecified atom stereocenters. The Bertz CT molecular complexity index is 1290. The number of hydrogen-bond donors (Lipinski definition) is 0. The number of likely N-dealkylation sites (tertiary alicyclic amines) is 1. The zero-order valence-corrected chi connectivity index (χ0v) is 17.2. The molecule has 30 heavy (non-hydrogen) atoms. The fraction of sp³-hybridized carbons (Fsp3) is 0.364. The highest BCUT2D eigenvalue weighted by molar-refractivity contribution is 5.78. The van der Waals surface area contributed by atoms with Gasteiger partial charge in [-0.05, 0) is 30.4 Å². The second-order valence-corrected chi connectivity index (χ2v) is 8.16. The normalized spacial score (nSPS) is 14.4. The van der Waals surface area contributed by atoms with Gasteiger partial charge in [-0.3, -0.25) is 4.79 Å². The first-order valence-corrected chi connectivity index (χ1v) is 10.4. The van der Waals surface area contributed by atoms with Crippen LogP contribution in [0.15, 0.2) is 47.5 Å². The van der Waals surface area contributed by atoms with Gasteiger partial charge in [0.1, 0.15) is 12.1 Å². The summed E-state index contributed by atoms with van der Waals surface area (Å²) in [6.45, 7) is 5.81. The van der Waals surface area contributed by atoms with Gasteiger partial charge in [0.2, 0.25) is 5.91 Å². The highest BCUT2D eigenvalue weighted by Crippen LogP contribution is 2.24. The Morgan fingerprint density at radius 1 is 1.07 bits per heavy atom. The Kier molecular flexibility index (Phi) is 4.42. The van der Waals surface area contributed by atoms with Crippen molar-refractivity contribution in [1.29, 1.82) is 0 Å². The molecule has 0 bridgehead atoms. The van der Waals surface area contributed by atoms with Crippen molar-refractivity contribution in [3.05, 3.63) is 58.8 Å². The summed E-state index contributed by atoms with van der Waals surface area (Å²) in [5, 5.41) is 9.10. The number of aromatic nitrogens is 5. The van der Waals surface area contributed by atoms with E-state index < -0.39 is 0 Å². The standard InChI is InChI=1S/C22H24N6O2/c1-15(2)16-5-7-17(8-6-16)18-13-19-21-24-28(14-20(29)25-9-3-4-10-25)22(30)26(21)11-12-27(19)23-18/h5-8,11-13,15H,3-4,9-10,14H2,1-2H3. The van der Waals surface area contributed by atoms with E-state index in [0.29, 0.717) is 11.6 Å². The third-order valence-corrected chi connectivity index (χ3v) is 5.81. The first-order valence-electron chi connectivity index (χ1n) is 10.4. The summed E-state index contributed by atoms with van der Waals surface area (Å²) in [6, 6.07) is 10.3. The topological polar surface area (TPSA) is 76.9 Å². The van der Waals surface area contributed by atoms with E-state index in [1.807, 2.05) is 6.07 Å². The van der Waals surface area contributed by atoms with Crippen molar-refractivity contribution < 1.29 is 4.79 Å². The van der Waals surface area contributed by atoms with Crippen molar-refractivity contribution in [2.75, 3.05) is 13.1 Å². The number of rotatable bonds is 4. The first-order chi connectivity index (χ1) is 14.5. The maximum Gasteiger partial charge on any atom is 0.350 e. The zero-order valence-electron chi connectivity index (χ0n) is 17.2. The minimum Gasteiger partial charge on any atom is -0.341 e. The van der Waals surface area contributed by atoms with E-state index in [-0.39, 0.29) is 18.1 Å². The summed E-state index contributed by atoms with van der Waals surface area (Å²) >= 11 is 0. The van der Waals surface area contributed by atoms with Gasteiger partial charge in [0, 0.05) is 31.0 Å². The van der Waals surface area contributed by atoms with Gasteiger partial charge < -0.3 is 4.90 Å². The lowest BCUT2D eigenvalue weighted by Gasteiger charge is -2.14. The highest BCUT2D eigenvalue weighted by Gasteiger charge is 2.21. The number of carbonyl (C=O) groups excluding carboxylic acids is 1. The molecular formula is C22H24N6O2. The Hall–Kier alpha value is -3.42. The fourth-order valence-corrected chi connectivity index (χ4v) is 4.01. The Morgan fingerprint density at radius 3 is 2.50 bits per heavy atom. The van der Waals surface area contributed by atoms with Crippen LogP contribution in [0.1, 0.15) is 38.2 Å². The van der Waals surface area contributed by atoms with Crippen LogP contribution >= 0.6 is 0 Å². The molecule has 1 aliphatic rings. The molecule has 0 spiro atoms. The summed E-state index contributed by atoms with van der Waals surface area (Å²) in [6.07, 6.45) is 5.42. The third kappa shape index (κ3) is 3.08. The molecule has 1 amide bonds. The summed E-state index contributed by atoms with van der Waals surface area (Å²) in [7, 11) is 0. The van der Waals surface area contributed by atoms with Crippen LogP contribution in [0.4, 0.5) is 0 Å². The zero-order chi connectivity index (χ0) is 20.8. The molecule has 0 aliphatic carbocycles. The van der Waals surface area contributed by atoms with Gasteiger partial charge in [-0.25, -0.2) is 18.4 Å². The maximum atomic E-state index is 12.8. The number of hydrogen-bond acceptors (Lipinski definition) is 4. The lowest BCUT2D eigenvalue weighted by Crippen LogP contribution is -2.34. The van der Waals surface area contributed by atoms with E-state index >= 15 is 0 Å². The van der Waals surface area contributed by atoms with E-state index in [9.17, 15) is 9.59 Å². The van der Waals surface area contributed by atoms with Crippen molar-refractivity contribution in [1.82, 2.24) is 28.7 Å². The first kappa shape index (κ1) is 18.6. The molecule has 0 atom stereocenters. The number of fused-ring (bicyclic) bond motifs is 3. The van der Waals surface area contributed by atoms with Crippen molar-refractivity contribution >= 4 is 17.1 Å². The SMILES string of the molecule is CC(C)c1ccc(-c2cc3c4nn(CC(=O)N5CCCC5)c(=O)n4ccn3n2)cc1. The van der Waals surface area contributed by atoms with Crippen LogP contribution in [0.5, 0.6) is 0 Å². The molecule has 4 heterocycles. The summed E-state index contributed by atoms with van der Waals surface area (Å²) in [5.41, 5.74) is 4.00. The van der Waals surface area contributed by atoms with E-state index in [2.05, 4.69) is 48.3 Å². The Morgan fingerprint density at radius 2 is 1.80 bits per heavy atom. The van der Waals surface area contributed by atoms with E-state index in [0.717, 1.165) is 42.7 Å². The van der Waals surface area contributed by atoms with Gasteiger partial charge in [-0.1, -0.05) is 38.1 Å². The van der Waals surface area contributed by atoms with Crippen LogP contribution in [-0.2, 0) is 11.3 Å². The second kappa shape index (κ2) is 7.12. The Labute approximate surface area is 173 Å². The third-order valence-electron chi connectivity index (χ3n) is 5.81. The molecule has 1 aliphatic heterocycles. The Balaban J connectivity index is 1.53. The molecule has 5 rings (SSSR count). The molecule has 1 aromatic carbocycles. The van der Waals surface area contributed by atoms with Gasteiger partial charge in [-0.2, -0.15) is 5.10 Å². The van der Waals surface area contributed by atoms with Gasteiger partial charge in [0.25, 0.3) is 0 Å². The molecule has 154 valence electrons. The second-order valence-electron chi connectivity index (χ2n) is 8.16. The van der Waals surface area contributed by atoms with Crippen molar-refractivity contribution in [2.45, 2.75) is 39.2 Å². The predicted molar refractivity (Wildman–Crippen MR) is 114 cm³/mol. The number of nitrogens with zero attached hydrogens (tertiary/aromatic N) is 6. The van der Waals surface area contributed by atoms with Crippen LogP contribution < -0.4 is 5.69 Å². The summed E-state index contributed by atoms with van der Waals surface area (Å²) < 4.78 is 4.44. The van der Waals surface area contributed by atoms with Crippen LogP contribution in [0.3, 0.4) is 0 Å². The number of amides is 1. The largest absolute Gasteiger partial charge is 0.350 e. The van der Waals surface area contributed by atoms with Crippen molar-refractivity contribution in [2.24, 2.45) is 0 Å². The molecule has 0 saturated carbocycles. The lowest BCUT2D eigenvalue weighted by atomic mass is 10.0. The average molecular weight is 404 g/mol. The molecule has 1 saturated heterocycles. The minimum absolute atomic E-state index is 0.0374. The molecule has 1 fully saturated rings. The van der Waals surface area contributed by atoms with Gasteiger partial charge >= 0.3 is 5.69 Å². The van der Waals surface area contributed by atoms with Crippen LogP contribution in [-0.4, -0.2) is 47.7 Å². The molecule has 4 aromatic rings. The molecule has 0 N–H and O–H groups in total. The van der Waals surface area contributed by atoms with Gasteiger partial charge in [-0.15, -0.1) is 5.10 Å². The quantitative estimate of drug-likeness (QED) is 0.524. The summed E-state index contributed by atoms with van der Waals surface area (Å²) in [5.74, 6) is 0.410. The van der Waals surface area contributed by atoms with E-state index in [1.165, 1.54) is 14.6 Å². The van der Waals surface area contributed by atoms with Crippen LogP contribution in [0, 0.1) is 0 Å². The van der Waals surface area contributed by atoms with Crippen molar-refractivity contribution in [3.8, 4) is 11.3 Å². The number of benzene rings is 1. The minimum atomic E-state index is -0.316.